The normalized spacial score (nSPS) is 14.3. The zero-order valence-corrected chi connectivity index (χ0v) is 13.0. The number of thiophene rings is 1. The summed E-state index contributed by atoms with van der Waals surface area (Å²) in [4.78, 5) is 18.5. The maximum atomic E-state index is 12.8. The molecule has 21 heavy (non-hydrogen) atoms. The Morgan fingerprint density at radius 3 is 2.76 bits per heavy atom. The highest BCUT2D eigenvalue weighted by Gasteiger charge is 2.23. The Labute approximate surface area is 131 Å². The summed E-state index contributed by atoms with van der Waals surface area (Å²) >= 11 is 7.13. The lowest BCUT2D eigenvalue weighted by Crippen LogP contribution is -2.13. The van der Waals surface area contributed by atoms with Gasteiger partial charge in [-0.15, -0.1) is 11.3 Å². The molecule has 0 fully saturated rings. The monoisotopic (exact) mass is 314 g/mol. The van der Waals surface area contributed by atoms with Crippen LogP contribution in [0.2, 0.25) is 0 Å². The number of hydrogen-bond acceptors (Lipinski definition) is 3. The molecule has 0 radical (unpaired) electrons. The van der Waals surface area contributed by atoms with Crippen LogP contribution in [0, 0.1) is 4.77 Å². The maximum Gasteiger partial charge on any atom is 0.264 e. The molecule has 0 amide bonds. The molecule has 2 heterocycles. The Hall–Kier alpha value is -1.72. The molecule has 106 valence electrons. The number of benzene rings is 1. The molecule has 1 aromatic carbocycles. The summed E-state index contributed by atoms with van der Waals surface area (Å²) in [6, 6.07) is 9.34. The molecule has 0 saturated carbocycles. The molecular formula is C16H14N2OS2. The topological polar surface area (TPSA) is 37.8 Å². The van der Waals surface area contributed by atoms with Gasteiger partial charge in [0.15, 0.2) is 4.77 Å². The predicted octanol–water partition coefficient (Wildman–Crippen LogP) is 4.33. The van der Waals surface area contributed by atoms with Crippen molar-refractivity contribution in [1.82, 2.24) is 9.55 Å². The second-order valence-electron chi connectivity index (χ2n) is 5.33. The number of carbonyl (C=O) groups excluding carboxylic acids is 1. The van der Waals surface area contributed by atoms with E-state index in [-0.39, 0.29) is 5.91 Å². The maximum absolute atomic E-state index is 12.8. The van der Waals surface area contributed by atoms with Gasteiger partial charge in [0.05, 0.1) is 5.52 Å². The number of fused-ring (bicyclic) bond motifs is 3. The number of carbonyl (C=O) groups is 1. The molecular weight excluding hydrogens is 300 g/mol. The van der Waals surface area contributed by atoms with Crippen molar-refractivity contribution >= 4 is 39.8 Å². The molecule has 3 nitrogen and oxygen atoms in total. The van der Waals surface area contributed by atoms with Crippen molar-refractivity contribution in [2.45, 2.75) is 25.7 Å². The standard InChI is InChI=1S/C16H14N2OS2/c19-15(10-6-2-1-3-7-10)18-13-11-8-4-5-9-12(11)21-14(13)17-16(18)20/h1-3,6-7H,4-5,8-9H2,(H,17,20). The van der Waals surface area contributed by atoms with Gasteiger partial charge in [-0.25, -0.2) is 4.57 Å². The highest BCUT2D eigenvalue weighted by Crippen LogP contribution is 2.36. The van der Waals surface area contributed by atoms with Crippen LogP contribution in [-0.2, 0) is 12.8 Å². The number of rotatable bonds is 1. The van der Waals surface area contributed by atoms with Crippen LogP contribution in [-0.4, -0.2) is 15.5 Å². The fraction of sp³-hybridized carbons (Fsp3) is 0.250. The first-order valence-corrected chi connectivity index (χ1v) is 8.33. The number of nitrogens with zero attached hydrogens (tertiary/aromatic N) is 1. The highest BCUT2D eigenvalue weighted by atomic mass is 32.1. The van der Waals surface area contributed by atoms with Gasteiger partial charge in [-0.05, 0) is 55.6 Å². The van der Waals surface area contributed by atoms with Gasteiger partial charge >= 0.3 is 0 Å². The van der Waals surface area contributed by atoms with E-state index in [1.807, 2.05) is 30.3 Å². The fourth-order valence-corrected chi connectivity index (χ4v) is 4.64. The van der Waals surface area contributed by atoms with E-state index in [2.05, 4.69) is 4.98 Å². The van der Waals surface area contributed by atoms with Gasteiger partial charge in [-0.2, -0.15) is 0 Å². The molecule has 1 aliphatic carbocycles. The summed E-state index contributed by atoms with van der Waals surface area (Å²) in [7, 11) is 0. The van der Waals surface area contributed by atoms with E-state index < -0.39 is 0 Å². The van der Waals surface area contributed by atoms with E-state index in [1.54, 1.807) is 15.9 Å². The van der Waals surface area contributed by atoms with Gasteiger partial charge in [-0.3, -0.25) is 4.79 Å². The molecule has 3 aromatic rings. The van der Waals surface area contributed by atoms with Crippen molar-refractivity contribution < 1.29 is 4.79 Å². The van der Waals surface area contributed by atoms with Crippen molar-refractivity contribution in [3.8, 4) is 0 Å². The summed E-state index contributed by atoms with van der Waals surface area (Å²) in [5.74, 6) is -0.0435. The summed E-state index contributed by atoms with van der Waals surface area (Å²) < 4.78 is 2.18. The van der Waals surface area contributed by atoms with Crippen LogP contribution in [0.4, 0.5) is 0 Å². The third kappa shape index (κ3) is 2.00. The van der Waals surface area contributed by atoms with Crippen LogP contribution in [0.25, 0.3) is 10.3 Å². The molecule has 0 saturated heterocycles. The molecule has 4 rings (SSSR count). The number of H-pyrrole nitrogens is 1. The average molecular weight is 314 g/mol. The predicted molar refractivity (Wildman–Crippen MR) is 87.8 cm³/mol. The number of imidazole rings is 1. The van der Waals surface area contributed by atoms with E-state index in [1.165, 1.54) is 23.3 Å². The minimum atomic E-state index is -0.0435. The lowest BCUT2D eigenvalue weighted by Gasteiger charge is -2.11. The van der Waals surface area contributed by atoms with Gasteiger partial charge in [0.1, 0.15) is 4.83 Å². The Balaban J connectivity index is 1.96. The van der Waals surface area contributed by atoms with Crippen LogP contribution in [0.3, 0.4) is 0 Å². The lowest BCUT2D eigenvalue weighted by atomic mass is 9.98. The zero-order chi connectivity index (χ0) is 14.4. The molecule has 0 aliphatic heterocycles. The van der Waals surface area contributed by atoms with Crippen LogP contribution >= 0.6 is 23.6 Å². The minimum Gasteiger partial charge on any atom is -0.322 e. The number of aromatic amines is 1. The summed E-state index contributed by atoms with van der Waals surface area (Å²) in [6.45, 7) is 0. The van der Waals surface area contributed by atoms with Crippen molar-refractivity contribution in [3.63, 3.8) is 0 Å². The molecule has 2 aromatic heterocycles. The third-order valence-corrected chi connectivity index (χ3v) is 5.50. The van der Waals surface area contributed by atoms with E-state index in [4.69, 9.17) is 12.2 Å². The smallest absolute Gasteiger partial charge is 0.264 e. The molecule has 1 N–H and O–H groups in total. The zero-order valence-electron chi connectivity index (χ0n) is 11.4. The van der Waals surface area contributed by atoms with Crippen molar-refractivity contribution in [1.29, 1.82) is 0 Å². The number of hydrogen-bond donors (Lipinski definition) is 1. The number of aromatic nitrogens is 2. The lowest BCUT2D eigenvalue weighted by molar-refractivity contribution is 0.0963. The molecule has 0 unspecified atom stereocenters. The number of nitrogens with one attached hydrogen (secondary N) is 1. The van der Waals surface area contributed by atoms with Crippen molar-refractivity contribution in [2.24, 2.45) is 0 Å². The quantitative estimate of drug-likeness (QED) is 0.679. The van der Waals surface area contributed by atoms with E-state index >= 15 is 0 Å². The van der Waals surface area contributed by atoms with Crippen LogP contribution in [0.1, 0.15) is 33.6 Å². The first-order chi connectivity index (χ1) is 10.3. The fourth-order valence-electron chi connectivity index (χ4n) is 3.03. The molecule has 0 spiro atoms. The molecule has 0 atom stereocenters. The Morgan fingerprint density at radius 1 is 1.19 bits per heavy atom. The Morgan fingerprint density at radius 2 is 1.95 bits per heavy atom. The Kier molecular flexibility index (Phi) is 3.05. The van der Waals surface area contributed by atoms with Crippen LogP contribution in [0.15, 0.2) is 30.3 Å². The third-order valence-electron chi connectivity index (χ3n) is 4.01. The van der Waals surface area contributed by atoms with Crippen molar-refractivity contribution in [3.05, 3.63) is 51.1 Å². The van der Waals surface area contributed by atoms with E-state index in [9.17, 15) is 4.79 Å². The van der Waals surface area contributed by atoms with Gasteiger partial charge in [0, 0.05) is 10.4 Å². The summed E-state index contributed by atoms with van der Waals surface area (Å²) in [6.07, 6.45) is 4.60. The first-order valence-electron chi connectivity index (χ1n) is 7.11. The van der Waals surface area contributed by atoms with E-state index in [0.717, 1.165) is 23.2 Å². The SMILES string of the molecule is O=C(c1ccccc1)n1c(=S)[nH]c2sc3c(c21)CCCC3. The van der Waals surface area contributed by atoms with Gasteiger partial charge in [0.2, 0.25) is 0 Å². The highest BCUT2D eigenvalue weighted by molar-refractivity contribution is 7.71. The summed E-state index contributed by atoms with van der Waals surface area (Å²) in [5, 5.41) is 0. The van der Waals surface area contributed by atoms with Crippen LogP contribution in [0.5, 0.6) is 0 Å². The first kappa shape index (κ1) is 13.0. The summed E-state index contributed by atoms with van der Waals surface area (Å²) in [5.41, 5.74) is 3.00. The molecule has 1 aliphatic rings. The minimum absolute atomic E-state index is 0.0435. The molecule has 0 bridgehead atoms. The van der Waals surface area contributed by atoms with E-state index in [0.29, 0.717) is 10.3 Å². The Bertz CT molecular complexity index is 886. The van der Waals surface area contributed by atoms with Gasteiger partial charge < -0.3 is 4.98 Å². The number of aryl methyl sites for hydroxylation is 2. The van der Waals surface area contributed by atoms with Gasteiger partial charge in [0.25, 0.3) is 5.91 Å². The van der Waals surface area contributed by atoms with Crippen LogP contribution < -0.4 is 0 Å². The largest absolute Gasteiger partial charge is 0.322 e. The molecule has 5 heteroatoms. The second-order valence-corrected chi connectivity index (χ2v) is 6.82. The van der Waals surface area contributed by atoms with Gasteiger partial charge in [-0.1, -0.05) is 18.2 Å². The average Bonchev–Trinajstić information content (AvgIpc) is 3.02. The second kappa shape index (κ2) is 4.93. The van der Waals surface area contributed by atoms with Crippen molar-refractivity contribution in [2.75, 3.05) is 0 Å².